The highest BCUT2D eigenvalue weighted by molar-refractivity contribution is 5.69. The van der Waals surface area contributed by atoms with Gasteiger partial charge in [0, 0.05) is 18.0 Å². The highest BCUT2D eigenvalue weighted by Gasteiger charge is 2.09. The minimum absolute atomic E-state index is 0.00746. The van der Waals surface area contributed by atoms with Crippen molar-refractivity contribution >= 4 is 5.97 Å². The van der Waals surface area contributed by atoms with Gasteiger partial charge in [-0.15, -0.1) is 5.10 Å². The molecule has 7 nitrogen and oxygen atoms in total. The van der Waals surface area contributed by atoms with Crippen molar-refractivity contribution in [1.82, 2.24) is 25.0 Å². The van der Waals surface area contributed by atoms with E-state index in [4.69, 9.17) is 4.74 Å². The van der Waals surface area contributed by atoms with Gasteiger partial charge in [0.25, 0.3) is 0 Å². The third-order valence-corrected chi connectivity index (χ3v) is 2.93. The Morgan fingerprint density at radius 1 is 1.14 bits per heavy atom. The molecule has 22 heavy (non-hydrogen) atoms. The van der Waals surface area contributed by atoms with Gasteiger partial charge in [-0.2, -0.15) is 0 Å². The lowest BCUT2D eigenvalue weighted by atomic mass is 10.2. The van der Waals surface area contributed by atoms with Crippen LogP contribution in [0.5, 0.6) is 0 Å². The lowest BCUT2D eigenvalue weighted by molar-refractivity contribution is -0.145. The number of hydrogen-bond acceptors (Lipinski definition) is 6. The molecule has 3 rings (SSSR count). The van der Waals surface area contributed by atoms with E-state index in [9.17, 15) is 4.79 Å². The Bertz CT molecular complexity index is 743. The summed E-state index contributed by atoms with van der Waals surface area (Å²) in [6.45, 7) is 0.251. The summed E-state index contributed by atoms with van der Waals surface area (Å²) >= 11 is 0. The van der Waals surface area contributed by atoms with Crippen LogP contribution in [0.15, 0.2) is 55.2 Å². The van der Waals surface area contributed by atoms with Crippen LogP contribution in [0, 0.1) is 0 Å². The van der Waals surface area contributed by atoms with Crippen LogP contribution in [0.3, 0.4) is 0 Å². The summed E-state index contributed by atoms with van der Waals surface area (Å²) in [4.78, 5) is 19.6. The number of esters is 1. The Balaban J connectivity index is 1.57. The van der Waals surface area contributed by atoms with E-state index in [-0.39, 0.29) is 19.1 Å². The first-order chi connectivity index (χ1) is 10.8. The van der Waals surface area contributed by atoms with Gasteiger partial charge in [0.1, 0.15) is 25.2 Å². The van der Waals surface area contributed by atoms with Crippen molar-refractivity contribution < 1.29 is 9.53 Å². The molecule has 0 fully saturated rings. The lowest BCUT2D eigenvalue weighted by Crippen LogP contribution is -2.14. The van der Waals surface area contributed by atoms with Crippen LogP contribution < -0.4 is 0 Å². The van der Waals surface area contributed by atoms with Crippen LogP contribution in [-0.4, -0.2) is 30.9 Å². The van der Waals surface area contributed by atoms with Gasteiger partial charge in [0.2, 0.25) is 0 Å². The van der Waals surface area contributed by atoms with E-state index >= 15 is 0 Å². The summed E-state index contributed by atoms with van der Waals surface area (Å²) in [5, 5.41) is 7.88. The zero-order chi connectivity index (χ0) is 15.2. The van der Waals surface area contributed by atoms with E-state index in [0.717, 1.165) is 11.1 Å². The molecule has 0 bridgehead atoms. The number of aromatic nitrogens is 5. The first-order valence-corrected chi connectivity index (χ1v) is 6.66. The predicted molar refractivity (Wildman–Crippen MR) is 77.3 cm³/mol. The summed E-state index contributed by atoms with van der Waals surface area (Å²) < 4.78 is 6.62. The van der Waals surface area contributed by atoms with Crippen molar-refractivity contribution in [3.63, 3.8) is 0 Å². The molecule has 0 saturated heterocycles. The number of benzene rings is 1. The zero-order valence-electron chi connectivity index (χ0n) is 11.7. The smallest absolute Gasteiger partial charge is 0.328 e. The predicted octanol–water partition coefficient (Wildman–Crippen LogP) is 1.48. The largest absolute Gasteiger partial charge is 0.459 e. The molecule has 0 aliphatic rings. The first kappa shape index (κ1) is 13.9. The molecule has 0 aliphatic carbocycles. The Morgan fingerprint density at radius 2 is 1.91 bits per heavy atom. The standard InChI is InChI=1S/C15H13N5O2/c21-15(22-10-12-4-2-1-3-5-12)9-20-8-14(18-19-20)13-6-16-11-17-7-13/h1-8,11H,9-10H2. The topological polar surface area (TPSA) is 82.8 Å². The summed E-state index contributed by atoms with van der Waals surface area (Å²) in [5.74, 6) is -0.371. The second kappa shape index (κ2) is 6.57. The third-order valence-electron chi connectivity index (χ3n) is 2.93. The van der Waals surface area contributed by atoms with E-state index < -0.39 is 0 Å². The molecule has 1 aromatic carbocycles. The molecule has 0 radical (unpaired) electrons. The minimum Gasteiger partial charge on any atom is -0.459 e. The van der Waals surface area contributed by atoms with Crippen LogP contribution in [0.2, 0.25) is 0 Å². The Morgan fingerprint density at radius 3 is 2.68 bits per heavy atom. The van der Waals surface area contributed by atoms with Gasteiger partial charge in [-0.1, -0.05) is 35.5 Å². The van der Waals surface area contributed by atoms with Gasteiger partial charge in [0.15, 0.2) is 0 Å². The van der Waals surface area contributed by atoms with Crippen LogP contribution in [0.4, 0.5) is 0 Å². The van der Waals surface area contributed by atoms with Gasteiger partial charge in [-0.3, -0.25) is 4.79 Å². The van der Waals surface area contributed by atoms with Crippen LogP contribution in [0.1, 0.15) is 5.56 Å². The Hall–Kier alpha value is -3.09. The van der Waals surface area contributed by atoms with Gasteiger partial charge in [-0.25, -0.2) is 14.6 Å². The lowest BCUT2D eigenvalue weighted by Gasteiger charge is -2.04. The van der Waals surface area contributed by atoms with Crippen molar-refractivity contribution in [2.45, 2.75) is 13.2 Å². The van der Waals surface area contributed by atoms with Crippen LogP contribution in [0.25, 0.3) is 11.3 Å². The molecule has 7 heteroatoms. The Labute approximate surface area is 126 Å². The second-order valence-corrected chi connectivity index (χ2v) is 4.57. The number of ether oxygens (including phenoxy) is 1. The molecule has 3 aromatic rings. The third kappa shape index (κ3) is 3.51. The second-order valence-electron chi connectivity index (χ2n) is 4.57. The number of carbonyl (C=O) groups is 1. The number of hydrogen-bond donors (Lipinski definition) is 0. The fourth-order valence-corrected chi connectivity index (χ4v) is 1.86. The normalized spacial score (nSPS) is 10.4. The molecule has 0 N–H and O–H groups in total. The van der Waals surface area contributed by atoms with E-state index in [0.29, 0.717) is 5.69 Å². The van der Waals surface area contributed by atoms with E-state index in [2.05, 4.69) is 20.3 Å². The molecule has 0 atom stereocenters. The molecule has 2 aromatic heterocycles. The van der Waals surface area contributed by atoms with E-state index in [1.165, 1.54) is 11.0 Å². The fraction of sp³-hybridized carbons (Fsp3) is 0.133. The maximum absolute atomic E-state index is 11.8. The fourth-order valence-electron chi connectivity index (χ4n) is 1.86. The minimum atomic E-state index is -0.371. The van der Waals surface area contributed by atoms with Crippen molar-refractivity contribution in [2.75, 3.05) is 0 Å². The van der Waals surface area contributed by atoms with Crippen molar-refractivity contribution in [1.29, 1.82) is 0 Å². The van der Waals surface area contributed by atoms with Crippen molar-refractivity contribution in [3.05, 3.63) is 60.8 Å². The molecular formula is C15H13N5O2. The van der Waals surface area contributed by atoms with E-state index in [1.54, 1.807) is 18.6 Å². The molecule has 110 valence electrons. The maximum atomic E-state index is 11.8. The average Bonchev–Trinajstić information content (AvgIpc) is 3.03. The van der Waals surface area contributed by atoms with Crippen molar-refractivity contribution in [3.8, 4) is 11.3 Å². The maximum Gasteiger partial charge on any atom is 0.328 e. The SMILES string of the molecule is O=C(Cn1cc(-c2cncnc2)nn1)OCc1ccccc1. The highest BCUT2D eigenvalue weighted by atomic mass is 16.5. The average molecular weight is 295 g/mol. The van der Waals surface area contributed by atoms with E-state index in [1.807, 2.05) is 30.3 Å². The molecule has 0 aliphatic heterocycles. The van der Waals surface area contributed by atoms with Crippen LogP contribution in [-0.2, 0) is 22.7 Å². The summed E-state index contributed by atoms with van der Waals surface area (Å²) in [6, 6.07) is 9.51. The van der Waals surface area contributed by atoms with Crippen LogP contribution >= 0.6 is 0 Å². The number of nitrogens with zero attached hydrogens (tertiary/aromatic N) is 5. The number of rotatable bonds is 5. The van der Waals surface area contributed by atoms with Gasteiger partial charge < -0.3 is 4.74 Å². The summed E-state index contributed by atoms with van der Waals surface area (Å²) in [5.41, 5.74) is 2.29. The van der Waals surface area contributed by atoms with Gasteiger partial charge in [-0.05, 0) is 5.56 Å². The quantitative estimate of drug-likeness (QED) is 0.663. The first-order valence-electron chi connectivity index (χ1n) is 6.66. The van der Waals surface area contributed by atoms with Gasteiger partial charge >= 0.3 is 5.97 Å². The summed E-state index contributed by atoms with van der Waals surface area (Å²) in [7, 11) is 0. The molecular weight excluding hydrogens is 282 g/mol. The molecule has 0 amide bonds. The molecule has 0 unspecified atom stereocenters. The monoisotopic (exact) mass is 295 g/mol. The van der Waals surface area contributed by atoms with Gasteiger partial charge in [0.05, 0.1) is 6.20 Å². The highest BCUT2D eigenvalue weighted by Crippen LogP contribution is 2.12. The zero-order valence-corrected chi connectivity index (χ0v) is 11.7. The molecule has 2 heterocycles. The summed E-state index contributed by atoms with van der Waals surface area (Å²) in [6.07, 6.45) is 6.36. The number of carbonyl (C=O) groups excluding carboxylic acids is 1. The molecule has 0 saturated carbocycles. The van der Waals surface area contributed by atoms with Crippen molar-refractivity contribution in [2.24, 2.45) is 0 Å². The Kier molecular flexibility index (Phi) is 4.15. The molecule has 0 spiro atoms.